The van der Waals surface area contributed by atoms with Gasteiger partial charge in [-0.2, -0.15) is 0 Å². The number of nitrogens with two attached hydrogens (primary N) is 1. The van der Waals surface area contributed by atoms with Gasteiger partial charge in [0.25, 0.3) is 0 Å². The zero-order valence-electron chi connectivity index (χ0n) is 10.8. The lowest BCUT2D eigenvalue weighted by molar-refractivity contribution is 0.405. The molecule has 2 rings (SSSR count). The largest absolute Gasteiger partial charge is 0.495 e. The molecular weight excluding hydrogens is 326 g/mol. The number of rotatable bonds is 3. The number of hydrogen-bond donors (Lipinski definition) is 1. The van der Waals surface area contributed by atoms with Crippen LogP contribution in [0.15, 0.2) is 40.9 Å². The fraction of sp³-hybridized carbons (Fsp3) is 0.200. The highest BCUT2D eigenvalue weighted by Crippen LogP contribution is 2.37. The third kappa shape index (κ3) is 2.94. The minimum Gasteiger partial charge on any atom is -0.495 e. The summed E-state index contributed by atoms with van der Waals surface area (Å²) in [6, 6.07) is 11.4. The molecule has 0 aliphatic rings. The number of aryl methyl sites for hydroxylation is 1. The van der Waals surface area contributed by atoms with E-state index in [9.17, 15) is 0 Å². The van der Waals surface area contributed by atoms with Crippen LogP contribution in [0.25, 0.3) is 0 Å². The molecule has 0 aliphatic carbocycles. The van der Waals surface area contributed by atoms with Crippen molar-refractivity contribution in [1.29, 1.82) is 0 Å². The summed E-state index contributed by atoms with van der Waals surface area (Å²) in [5.74, 6) is 0.722. The van der Waals surface area contributed by atoms with Gasteiger partial charge in [0.2, 0.25) is 0 Å². The van der Waals surface area contributed by atoms with Gasteiger partial charge in [-0.1, -0.05) is 35.9 Å². The van der Waals surface area contributed by atoms with Gasteiger partial charge >= 0.3 is 0 Å². The van der Waals surface area contributed by atoms with Gasteiger partial charge in [0.05, 0.1) is 17.6 Å². The van der Waals surface area contributed by atoms with Gasteiger partial charge in [-0.3, -0.25) is 0 Å². The zero-order valence-corrected chi connectivity index (χ0v) is 13.1. The number of ether oxygens (including phenoxy) is 1. The first-order valence-corrected chi connectivity index (χ1v) is 7.05. The standard InChI is InChI=1S/C15H15BrClNO/c1-9-5-3-4-6-11(9)14(18)12-7-10(17)8-13(16)15(12)19-2/h3-8,14H,18H2,1-2H3. The number of methoxy groups -OCH3 is 1. The van der Waals surface area contributed by atoms with Gasteiger partial charge in [0.15, 0.2) is 0 Å². The van der Waals surface area contributed by atoms with Gasteiger partial charge in [0.1, 0.15) is 5.75 Å². The Hall–Kier alpha value is -1.03. The lowest BCUT2D eigenvalue weighted by Gasteiger charge is -2.19. The second-order valence-corrected chi connectivity index (χ2v) is 5.64. The highest BCUT2D eigenvalue weighted by Gasteiger charge is 2.18. The Kier molecular flexibility index (Phi) is 4.50. The summed E-state index contributed by atoms with van der Waals surface area (Å²) >= 11 is 9.56. The van der Waals surface area contributed by atoms with Crippen LogP contribution < -0.4 is 10.5 Å². The fourth-order valence-corrected chi connectivity index (χ4v) is 3.13. The van der Waals surface area contributed by atoms with Gasteiger partial charge < -0.3 is 10.5 Å². The number of benzene rings is 2. The predicted octanol–water partition coefficient (Wildman–Crippen LogP) is 4.47. The summed E-state index contributed by atoms with van der Waals surface area (Å²) in [6.07, 6.45) is 0. The molecule has 0 aromatic heterocycles. The average Bonchev–Trinajstić information content (AvgIpc) is 2.37. The molecule has 0 heterocycles. The highest BCUT2D eigenvalue weighted by atomic mass is 79.9. The van der Waals surface area contributed by atoms with Crippen molar-refractivity contribution >= 4 is 27.5 Å². The molecule has 1 unspecified atom stereocenters. The van der Waals surface area contributed by atoms with E-state index in [1.165, 1.54) is 0 Å². The monoisotopic (exact) mass is 339 g/mol. The highest BCUT2D eigenvalue weighted by molar-refractivity contribution is 9.10. The molecule has 0 fully saturated rings. The molecule has 0 spiro atoms. The second kappa shape index (κ2) is 5.95. The van der Waals surface area contributed by atoms with Crippen molar-refractivity contribution in [3.63, 3.8) is 0 Å². The minimum atomic E-state index is -0.272. The summed E-state index contributed by atoms with van der Waals surface area (Å²) in [7, 11) is 1.63. The van der Waals surface area contributed by atoms with E-state index in [0.717, 1.165) is 26.9 Å². The molecule has 0 saturated carbocycles. The molecule has 2 aromatic carbocycles. The second-order valence-electron chi connectivity index (χ2n) is 4.34. The Morgan fingerprint density at radius 1 is 1.21 bits per heavy atom. The van der Waals surface area contributed by atoms with E-state index >= 15 is 0 Å². The van der Waals surface area contributed by atoms with Crippen molar-refractivity contribution in [2.24, 2.45) is 5.73 Å². The number of halogens is 2. The molecule has 0 aliphatic heterocycles. The predicted molar refractivity (Wildman–Crippen MR) is 82.9 cm³/mol. The van der Waals surface area contributed by atoms with Gasteiger partial charge in [-0.25, -0.2) is 0 Å². The molecule has 0 saturated heterocycles. The first kappa shape index (κ1) is 14.4. The smallest absolute Gasteiger partial charge is 0.138 e. The first-order valence-electron chi connectivity index (χ1n) is 5.88. The zero-order chi connectivity index (χ0) is 14.0. The third-order valence-corrected chi connectivity index (χ3v) is 3.91. The Morgan fingerprint density at radius 3 is 2.53 bits per heavy atom. The van der Waals surface area contributed by atoms with Crippen molar-refractivity contribution in [1.82, 2.24) is 0 Å². The van der Waals surface area contributed by atoms with E-state index in [4.69, 9.17) is 22.1 Å². The van der Waals surface area contributed by atoms with E-state index in [0.29, 0.717) is 5.02 Å². The first-order chi connectivity index (χ1) is 9.04. The Bertz CT molecular complexity index is 601. The average molecular weight is 341 g/mol. The summed E-state index contributed by atoms with van der Waals surface area (Å²) in [4.78, 5) is 0. The van der Waals surface area contributed by atoms with Crippen molar-refractivity contribution < 1.29 is 4.74 Å². The fourth-order valence-electron chi connectivity index (χ4n) is 2.13. The van der Waals surface area contributed by atoms with Crippen molar-refractivity contribution in [2.75, 3.05) is 7.11 Å². The van der Waals surface area contributed by atoms with Crippen LogP contribution in [0.3, 0.4) is 0 Å². The maximum Gasteiger partial charge on any atom is 0.138 e. The van der Waals surface area contributed by atoms with Crippen LogP contribution in [0.1, 0.15) is 22.7 Å². The molecule has 2 aromatic rings. The summed E-state index contributed by atoms with van der Waals surface area (Å²) < 4.78 is 6.24. The lowest BCUT2D eigenvalue weighted by atomic mass is 9.95. The quantitative estimate of drug-likeness (QED) is 0.895. The molecule has 0 amide bonds. The molecule has 2 nitrogen and oxygen atoms in total. The van der Waals surface area contributed by atoms with Crippen LogP contribution >= 0.6 is 27.5 Å². The van der Waals surface area contributed by atoms with Gasteiger partial charge in [-0.05, 0) is 46.1 Å². The topological polar surface area (TPSA) is 35.2 Å². The maximum absolute atomic E-state index is 6.37. The van der Waals surface area contributed by atoms with Crippen molar-refractivity contribution in [3.8, 4) is 5.75 Å². The summed E-state index contributed by atoms with van der Waals surface area (Å²) in [5.41, 5.74) is 9.45. The third-order valence-electron chi connectivity index (χ3n) is 3.10. The molecule has 0 bridgehead atoms. The minimum absolute atomic E-state index is 0.272. The summed E-state index contributed by atoms with van der Waals surface area (Å²) in [6.45, 7) is 2.04. The Labute approximate surface area is 126 Å². The lowest BCUT2D eigenvalue weighted by Crippen LogP contribution is -2.14. The molecule has 100 valence electrons. The SMILES string of the molecule is COc1c(Br)cc(Cl)cc1C(N)c1ccccc1C. The Balaban J connectivity index is 2.55. The molecule has 19 heavy (non-hydrogen) atoms. The molecule has 1 atom stereocenters. The van der Waals surface area contributed by atoms with E-state index < -0.39 is 0 Å². The van der Waals surface area contributed by atoms with Crippen molar-refractivity contribution in [2.45, 2.75) is 13.0 Å². The van der Waals surface area contributed by atoms with Crippen LogP contribution in [0, 0.1) is 6.92 Å². The van der Waals surface area contributed by atoms with E-state index in [1.807, 2.05) is 37.3 Å². The molecule has 0 radical (unpaired) electrons. The molecule has 2 N–H and O–H groups in total. The normalized spacial score (nSPS) is 12.3. The maximum atomic E-state index is 6.37. The van der Waals surface area contributed by atoms with Crippen molar-refractivity contribution in [3.05, 3.63) is 62.6 Å². The van der Waals surface area contributed by atoms with Crippen LogP contribution in [0.5, 0.6) is 5.75 Å². The van der Waals surface area contributed by atoms with Crippen LogP contribution in [-0.2, 0) is 0 Å². The van der Waals surface area contributed by atoms with Crippen LogP contribution in [-0.4, -0.2) is 7.11 Å². The van der Waals surface area contributed by atoms with E-state index in [2.05, 4.69) is 15.9 Å². The number of hydrogen-bond acceptors (Lipinski definition) is 2. The molecular formula is C15H15BrClNO. The molecule has 4 heteroatoms. The summed E-state index contributed by atoms with van der Waals surface area (Å²) in [5, 5.41) is 0.631. The van der Waals surface area contributed by atoms with Gasteiger partial charge in [-0.15, -0.1) is 0 Å². The van der Waals surface area contributed by atoms with E-state index in [-0.39, 0.29) is 6.04 Å². The van der Waals surface area contributed by atoms with Crippen LogP contribution in [0.4, 0.5) is 0 Å². The Morgan fingerprint density at radius 2 is 1.89 bits per heavy atom. The van der Waals surface area contributed by atoms with E-state index in [1.54, 1.807) is 13.2 Å². The van der Waals surface area contributed by atoms with Gasteiger partial charge in [0, 0.05) is 10.6 Å². The van der Waals surface area contributed by atoms with Crippen LogP contribution in [0.2, 0.25) is 5.02 Å².